The Morgan fingerprint density at radius 3 is 2.80 bits per heavy atom. The topological polar surface area (TPSA) is 29.3 Å². The van der Waals surface area contributed by atoms with E-state index in [-0.39, 0.29) is 0 Å². The van der Waals surface area contributed by atoms with Crippen LogP contribution in [-0.2, 0) is 6.54 Å². The third-order valence-corrected chi connectivity index (χ3v) is 4.26. The van der Waals surface area contributed by atoms with Crippen LogP contribution in [0.3, 0.4) is 0 Å². The lowest BCUT2D eigenvalue weighted by Crippen LogP contribution is -2.19. The molecule has 2 heteroatoms. The van der Waals surface area contributed by atoms with Crippen LogP contribution in [-0.4, -0.2) is 18.0 Å². The fourth-order valence-electron chi connectivity index (χ4n) is 3.22. The highest BCUT2D eigenvalue weighted by molar-refractivity contribution is 5.40. The monoisotopic (exact) mass is 266 g/mol. The van der Waals surface area contributed by atoms with E-state index < -0.39 is 0 Å². The minimum Gasteiger partial charge on any atom is -0.399 e. The SMILES string of the molecule is Cc1ccccc1C1CCN(Cc2cccc(N)c2)C1. The molecule has 1 aliphatic heterocycles. The van der Waals surface area contributed by atoms with Crippen molar-refractivity contribution in [3.63, 3.8) is 0 Å². The van der Waals surface area contributed by atoms with E-state index in [0.717, 1.165) is 18.8 Å². The summed E-state index contributed by atoms with van der Waals surface area (Å²) in [5.74, 6) is 0.678. The number of nitrogens with two attached hydrogens (primary N) is 1. The van der Waals surface area contributed by atoms with Crippen LogP contribution >= 0.6 is 0 Å². The van der Waals surface area contributed by atoms with Crippen LogP contribution in [0.25, 0.3) is 0 Å². The van der Waals surface area contributed by atoms with E-state index in [1.807, 2.05) is 12.1 Å². The van der Waals surface area contributed by atoms with Gasteiger partial charge in [-0.3, -0.25) is 4.90 Å². The summed E-state index contributed by atoms with van der Waals surface area (Å²) < 4.78 is 0. The Bertz CT molecular complexity index is 591. The van der Waals surface area contributed by atoms with Crippen molar-refractivity contribution < 1.29 is 0 Å². The first-order valence-electron chi connectivity index (χ1n) is 7.34. The highest BCUT2D eigenvalue weighted by Gasteiger charge is 2.24. The second-order valence-corrected chi connectivity index (χ2v) is 5.82. The van der Waals surface area contributed by atoms with E-state index in [4.69, 9.17) is 5.73 Å². The molecule has 0 spiro atoms. The van der Waals surface area contributed by atoms with Crippen LogP contribution in [0.4, 0.5) is 5.69 Å². The molecule has 104 valence electrons. The van der Waals surface area contributed by atoms with Gasteiger partial charge in [0.1, 0.15) is 0 Å². The molecule has 2 N–H and O–H groups in total. The zero-order valence-corrected chi connectivity index (χ0v) is 12.0. The lowest BCUT2D eigenvalue weighted by Gasteiger charge is -2.17. The van der Waals surface area contributed by atoms with Gasteiger partial charge in [0, 0.05) is 18.8 Å². The van der Waals surface area contributed by atoms with Gasteiger partial charge in [0.05, 0.1) is 0 Å². The Labute approximate surface area is 121 Å². The summed E-state index contributed by atoms with van der Waals surface area (Å²) in [6.07, 6.45) is 1.26. The minimum atomic E-state index is 0.678. The van der Waals surface area contributed by atoms with Crippen LogP contribution in [0.5, 0.6) is 0 Å². The standard InChI is InChI=1S/C18H22N2/c1-14-5-2-3-8-18(14)16-9-10-20(13-16)12-15-6-4-7-17(19)11-15/h2-8,11,16H,9-10,12-13,19H2,1H3. The average Bonchev–Trinajstić information content (AvgIpc) is 2.87. The summed E-state index contributed by atoms with van der Waals surface area (Å²) in [5, 5.41) is 0. The van der Waals surface area contributed by atoms with Gasteiger partial charge in [-0.15, -0.1) is 0 Å². The molecule has 3 rings (SSSR count). The van der Waals surface area contributed by atoms with E-state index in [1.165, 1.54) is 29.7 Å². The van der Waals surface area contributed by atoms with E-state index in [1.54, 1.807) is 0 Å². The number of hydrogen-bond acceptors (Lipinski definition) is 2. The van der Waals surface area contributed by atoms with Gasteiger partial charge >= 0.3 is 0 Å². The maximum absolute atomic E-state index is 5.85. The van der Waals surface area contributed by atoms with Crippen LogP contribution in [0, 0.1) is 6.92 Å². The van der Waals surface area contributed by atoms with Gasteiger partial charge in [0.15, 0.2) is 0 Å². The zero-order chi connectivity index (χ0) is 13.9. The highest BCUT2D eigenvalue weighted by Crippen LogP contribution is 2.30. The van der Waals surface area contributed by atoms with Crippen molar-refractivity contribution in [1.29, 1.82) is 0 Å². The molecule has 1 atom stereocenters. The number of anilines is 1. The average molecular weight is 266 g/mol. The molecule has 0 radical (unpaired) electrons. The van der Waals surface area contributed by atoms with Crippen LogP contribution in [0.2, 0.25) is 0 Å². The summed E-state index contributed by atoms with van der Waals surface area (Å²) in [6.45, 7) is 5.55. The fraction of sp³-hybridized carbons (Fsp3) is 0.333. The fourth-order valence-corrected chi connectivity index (χ4v) is 3.22. The Hall–Kier alpha value is -1.80. The number of aryl methyl sites for hydroxylation is 1. The second-order valence-electron chi connectivity index (χ2n) is 5.82. The Kier molecular flexibility index (Phi) is 3.75. The molecular formula is C18H22N2. The number of hydrogen-bond donors (Lipinski definition) is 1. The van der Waals surface area contributed by atoms with Gasteiger partial charge in [0.25, 0.3) is 0 Å². The first kappa shape index (κ1) is 13.2. The number of nitrogen functional groups attached to an aromatic ring is 1. The largest absolute Gasteiger partial charge is 0.399 e. The van der Waals surface area contributed by atoms with Gasteiger partial charge in [-0.25, -0.2) is 0 Å². The van der Waals surface area contributed by atoms with Crippen molar-refractivity contribution in [2.45, 2.75) is 25.8 Å². The summed E-state index contributed by atoms with van der Waals surface area (Å²) in [7, 11) is 0. The maximum Gasteiger partial charge on any atom is 0.0317 e. The van der Waals surface area contributed by atoms with Gasteiger partial charge in [-0.05, 0) is 54.6 Å². The molecule has 2 aromatic rings. The van der Waals surface area contributed by atoms with Crippen LogP contribution < -0.4 is 5.73 Å². The van der Waals surface area contributed by atoms with E-state index >= 15 is 0 Å². The first-order chi connectivity index (χ1) is 9.72. The molecule has 0 aromatic heterocycles. The van der Waals surface area contributed by atoms with E-state index in [2.05, 4.69) is 48.2 Å². The molecule has 0 amide bonds. The summed E-state index contributed by atoms with van der Waals surface area (Å²) in [5.41, 5.74) is 11.0. The predicted molar refractivity (Wildman–Crippen MR) is 84.7 cm³/mol. The Morgan fingerprint density at radius 1 is 1.15 bits per heavy atom. The summed E-state index contributed by atoms with van der Waals surface area (Å²) in [6, 6.07) is 17.0. The second kappa shape index (κ2) is 5.68. The molecule has 1 saturated heterocycles. The third-order valence-electron chi connectivity index (χ3n) is 4.26. The van der Waals surface area contributed by atoms with Crippen molar-refractivity contribution in [1.82, 2.24) is 4.90 Å². The van der Waals surface area contributed by atoms with Crippen molar-refractivity contribution in [3.8, 4) is 0 Å². The molecule has 1 unspecified atom stereocenters. The molecule has 1 aliphatic rings. The quantitative estimate of drug-likeness (QED) is 0.861. The van der Waals surface area contributed by atoms with Crippen molar-refractivity contribution in [3.05, 3.63) is 65.2 Å². The van der Waals surface area contributed by atoms with Crippen molar-refractivity contribution >= 4 is 5.69 Å². The van der Waals surface area contributed by atoms with E-state index in [9.17, 15) is 0 Å². The molecule has 1 heterocycles. The molecular weight excluding hydrogens is 244 g/mol. The third kappa shape index (κ3) is 2.86. The Morgan fingerprint density at radius 2 is 2.00 bits per heavy atom. The number of benzene rings is 2. The normalized spacial score (nSPS) is 19.4. The van der Waals surface area contributed by atoms with Gasteiger partial charge in [-0.1, -0.05) is 36.4 Å². The molecule has 1 fully saturated rings. The molecule has 0 bridgehead atoms. The van der Waals surface area contributed by atoms with Gasteiger partial charge in [-0.2, -0.15) is 0 Å². The highest BCUT2D eigenvalue weighted by atomic mass is 15.1. The van der Waals surface area contributed by atoms with Crippen molar-refractivity contribution in [2.24, 2.45) is 0 Å². The maximum atomic E-state index is 5.85. The number of rotatable bonds is 3. The molecule has 0 saturated carbocycles. The molecule has 0 aliphatic carbocycles. The minimum absolute atomic E-state index is 0.678. The number of nitrogens with zero attached hydrogens (tertiary/aromatic N) is 1. The molecule has 20 heavy (non-hydrogen) atoms. The Balaban J connectivity index is 1.67. The smallest absolute Gasteiger partial charge is 0.0317 e. The van der Waals surface area contributed by atoms with E-state index in [0.29, 0.717) is 5.92 Å². The van der Waals surface area contributed by atoms with Crippen LogP contribution in [0.15, 0.2) is 48.5 Å². The van der Waals surface area contributed by atoms with Crippen molar-refractivity contribution in [2.75, 3.05) is 18.8 Å². The van der Waals surface area contributed by atoms with Gasteiger partial charge in [0.2, 0.25) is 0 Å². The lowest BCUT2D eigenvalue weighted by molar-refractivity contribution is 0.327. The number of likely N-dealkylation sites (tertiary alicyclic amines) is 1. The molecule has 2 aromatic carbocycles. The lowest BCUT2D eigenvalue weighted by atomic mass is 9.94. The first-order valence-corrected chi connectivity index (χ1v) is 7.34. The predicted octanol–water partition coefficient (Wildman–Crippen LogP) is 3.57. The van der Waals surface area contributed by atoms with Crippen LogP contribution in [0.1, 0.15) is 29.0 Å². The van der Waals surface area contributed by atoms with Gasteiger partial charge < -0.3 is 5.73 Å². The summed E-state index contributed by atoms with van der Waals surface area (Å²) in [4.78, 5) is 2.53. The zero-order valence-electron chi connectivity index (χ0n) is 12.0. The summed E-state index contributed by atoms with van der Waals surface area (Å²) >= 11 is 0. The molecule has 2 nitrogen and oxygen atoms in total.